The summed E-state index contributed by atoms with van der Waals surface area (Å²) in [6, 6.07) is 14.7. The molecule has 4 N–H and O–H groups in total. The van der Waals surface area contributed by atoms with Crippen LogP contribution in [-0.4, -0.2) is 52.7 Å². The lowest BCUT2D eigenvalue weighted by molar-refractivity contribution is -0.133. The van der Waals surface area contributed by atoms with E-state index in [-0.39, 0.29) is 11.9 Å². The molecule has 2 aliphatic heterocycles. The van der Waals surface area contributed by atoms with Gasteiger partial charge >= 0.3 is 0 Å². The third-order valence-corrected chi connectivity index (χ3v) is 6.95. The van der Waals surface area contributed by atoms with Crippen LogP contribution < -0.4 is 21.0 Å². The molecule has 4 rings (SSSR count). The number of hydroxylamine groups is 1. The normalized spacial score (nSPS) is 23.0. The number of carbonyl (C=O) groups is 2. The highest BCUT2D eigenvalue weighted by molar-refractivity contribution is 7.85. The van der Waals surface area contributed by atoms with Crippen molar-refractivity contribution in [3.8, 4) is 0 Å². The number of nitrogens with one attached hydrogen (secondary N) is 3. The highest BCUT2D eigenvalue weighted by Gasteiger charge is 2.34. The molecule has 2 heterocycles. The van der Waals surface area contributed by atoms with Gasteiger partial charge in [-0.1, -0.05) is 24.3 Å². The summed E-state index contributed by atoms with van der Waals surface area (Å²) < 4.78 is 12.2. The molecule has 1 fully saturated rings. The molecule has 0 radical (unpaired) electrons. The molecular weight excluding hydrogens is 404 g/mol. The van der Waals surface area contributed by atoms with Crippen molar-refractivity contribution in [1.29, 1.82) is 0 Å². The third kappa shape index (κ3) is 4.23. The van der Waals surface area contributed by atoms with Gasteiger partial charge in [-0.15, -0.1) is 0 Å². The van der Waals surface area contributed by atoms with Gasteiger partial charge in [0.05, 0.1) is 33.3 Å². The molecule has 2 aromatic rings. The van der Waals surface area contributed by atoms with E-state index in [1.807, 2.05) is 36.4 Å². The molecule has 1 saturated heterocycles. The van der Waals surface area contributed by atoms with Gasteiger partial charge < -0.3 is 15.5 Å². The Labute approximate surface area is 177 Å². The van der Waals surface area contributed by atoms with Crippen LogP contribution in [0.4, 0.5) is 5.69 Å². The number of carbonyl (C=O) groups excluding carboxylic acids is 2. The number of hydrogen-bond donors (Lipinski definition) is 4. The van der Waals surface area contributed by atoms with Gasteiger partial charge in [-0.05, 0) is 29.8 Å². The van der Waals surface area contributed by atoms with E-state index in [1.54, 1.807) is 17.6 Å². The van der Waals surface area contributed by atoms with E-state index in [0.717, 1.165) is 22.7 Å². The SMILES string of the molecule is O=C(N[C@@H]1CNC[C@@H]1C(=O)NO)c1ccc(CN2CCS(=O)c3ccccc32)cc1. The van der Waals surface area contributed by atoms with Gasteiger partial charge in [-0.3, -0.25) is 19.0 Å². The number of amides is 2. The maximum Gasteiger partial charge on any atom is 0.251 e. The van der Waals surface area contributed by atoms with Crippen molar-refractivity contribution < 1.29 is 19.0 Å². The summed E-state index contributed by atoms with van der Waals surface area (Å²) in [4.78, 5) is 27.4. The van der Waals surface area contributed by atoms with Crippen LogP contribution in [0.2, 0.25) is 0 Å². The molecule has 2 aliphatic rings. The zero-order valence-corrected chi connectivity index (χ0v) is 17.2. The molecule has 158 valence electrons. The fourth-order valence-corrected chi connectivity index (χ4v) is 5.19. The summed E-state index contributed by atoms with van der Waals surface area (Å²) >= 11 is 0. The second-order valence-electron chi connectivity index (χ2n) is 7.46. The lowest BCUT2D eigenvalue weighted by Gasteiger charge is -2.30. The maximum absolute atomic E-state index is 12.6. The van der Waals surface area contributed by atoms with Crippen molar-refractivity contribution in [1.82, 2.24) is 16.1 Å². The summed E-state index contributed by atoms with van der Waals surface area (Å²) in [5.41, 5.74) is 4.20. The number of nitrogens with zero attached hydrogens (tertiary/aromatic N) is 1. The minimum absolute atomic E-state index is 0.260. The van der Waals surface area contributed by atoms with Crippen LogP contribution in [0, 0.1) is 5.92 Å². The van der Waals surface area contributed by atoms with Gasteiger partial charge in [0.2, 0.25) is 5.91 Å². The second-order valence-corrected chi connectivity index (χ2v) is 9.00. The highest BCUT2D eigenvalue weighted by atomic mass is 32.2. The molecule has 2 aromatic carbocycles. The third-order valence-electron chi connectivity index (χ3n) is 5.57. The minimum Gasteiger partial charge on any atom is -0.365 e. The molecule has 0 aromatic heterocycles. The zero-order chi connectivity index (χ0) is 21.1. The van der Waals surface area contributed by atoms with Crippen molar-refractivity contribution in [2.24, 2.45) is 5.92 Å². The summed E-state index contributed by atoms with van der Waals surface area (Å²) in [5.74, 6) is -0.675. The quantitative estimate of drug-likeness (QED) is 0.411. The molecule has 0 spiro atoms. The molecule has 30 heavy (non-hydrogen) atoms. The lowest BCUT2D eigenvalue weighted by atomic mass is 10.0. The molecule has 8 nitrogen and oxygen atoms in total. The number of fused-ring (bicyclic) bond motifs is 1. The summed E-state index contributed by atoms with van der Waals surface area (Å²) in [7, 11) is -0.957. The highest BCUT2D eigenvalue weighted by Crippen LogP contribution is 2.29. The van der Waals surface area contributed by atoms with Gasteiger partial charge in [0.25, 0.3) is 5.91 Å². The molecule has 3 atom stereocenters. The Morgan fingerprint density at radius 1 is 1.13 bits per heavy atom. The molecule has 2 amide bonds. The Bertz CT molecular complexity index is 966. The first-order chi connectivity index (χ1) is 14.6. The second kappa shape index (κ2) is 8.95. The Morgan fingerprint density at radius 3 is 2.67 bits per heavy atom. The predicted octanol–water partition coefficient (Wildman–Crippen LogP) is 0.638. The first-order valence-corrected chi connectivity index (χ1v) is 11.2. The minimum atomic E-state index is -0.957. The Hall–Kier alpha value is -2.75. The topological polar surface area (TPSA) is 111 Å². The first-order valence-electron chi connectivity index (χ1n) is 9.83. The van der Waals surface area contributed by atoms with Gasteiger partial charge in [-0.2, -0.15) is 0 Å². The van der Waals surface area contributed by atoms with Crippen LogP contribution in [0.15, 0.2) is 53.4 Å². The monoisotopic (exact) mass is 428 g/mol. The fraction of sp³-hybridized carbons (Fsp3) is 0.333. The van der Waals surface area contributed by atoms with Gasteiger partial charge in [-0.25, -0.2) is 5.48 Å². The summed E-state index contributed by atoms with van der Waals surface area (Å²) in [5, 5.41) is 14.8. The standard InChI is InChI=1S/C21H24N4O4S/c26-20(23-17-12-22-11-16(17)21(27)24-28)15-7-5-14(6-8-15)13-25-9-10-30(29)19-4-2-1-3-18(19)25/h1-8,16-17,22,28H,9-13H2,(H,23,26)(H,24,27)/t16-,17+,30?/m0/s1. The number of para-hydroxylation sites is 1. The number of rotatable bonds is 5. The van der Waals surface area contributed by atoms with Crippen molar-refractivity contribution in [3.05, 3.63) is 59.7 Å². The largest absolute Gasteiger partial charge is 0.365 e. The molecule has 9 heteroatoms. The zero-order valence-electron chi connectivity index (χ0n) is 16.3. The summed E-state index contributed by atoms with van der Waals surface area (Å²) in [6.07, 6.45) is 0. The summed E-state index contributed by atoms with van der Waals surface area (Å²) in [6.45, 7) is 2.26. The van der Waals surface area contributed by atoms with Crippen LogP contribution in [0.5, 0.6) is 0 Å². The first kappa shape index (κ1) is 20.5. The van der Waals surface area contributed by atoms with Crippen LogP contribution in [-0.2, 0) is 22.1 Å². The van der Waals surface area contributed by atoms with E-state index in [9.17, 15) is 13.8 Å². The average molecular weight is 429 g/mol. The van der Waals surface area contributed by atoms with Crippen LogP contribution in [0.3, 0.4) is 0 Å². The van der Waals surface area contributed by atoms with E-state index in [4.69, 9.17) is 5.21 Å². The number of anilines is 1. The smallest absolute Gasteiger partial charge is 0.251 e. The van der Waals surface area contributed by atoms with Crippen molar-refractivity contribution >= 4 is 28.3 Å². The molecule has 1 unspecified atom stereocenters. The Balaban J connectivity index is 1.41. The average Bonchev–Trinajstić information content (AvgIpc) is 3.24. The van der Waals surface area contributed by atoms with Crippen molar-refractivity contribution in [3.63, 3.8) is 0 Å². The van der Waals surface area contributed by atoms with Crippen molar-refractivity contribution in [2.75, 3.05) is 30.3 Å². The Kier molecular flexibility index (Phi) is 6.12. The van der Waals surface area contributed by atoms with Gasteiger partial charge in [0.1, 0.15) is 0 Å². The maximum atomic E-state index is 12.6. The van der Waals surface area contributed by atoms with Crippen LogP contribution >= 0.6 is 0 Å². The predicted molar refractivity (Wildman–Crippen MR) is 113 cm³/mol. The number of hydrogen-bond acceptors (Lipinski definition) is 6. The molecule has 0 saturated carbocycles. The van der Waals surface area contributed by atoms with Gasteiger partial charge in [0, 0.05) is 37.5 Å². The lowest BCUT2D eigenvalue weighted by Crippen LogP contribution is -2.45. The van der Waals surface area contributed by atoms with E-state index in [2.05, 4.69) is 15.5 Å². The molecule has 0 bridgehead atoms. The van der Waals surface area contributed by atoms with Crippen LogP contribution in [0.25, 0.3) is 0 Å². The van der Waals surface area contributed by atoms with E-state index in [0.29, 0.717) is 31.0 Å². The number of benzene rings is 2. The Morgan fingerprint density at radius 2 is 1.90 bits per heavy atom. The molecule has 0 aliphatic carbocycles. The van der Waals surface area contributed by atoms with E-state index < -0.39 is 22.6 Å². The van der Waals surface area contributed by atoms with Gasteiger partial charge in [0.15, 0.2) is 0 Å². The molecular formula is C21H24N4O4S. The van der Waals surface area contributed by atoms with Crippen molar-refractivity contribution in [2.45, 2.75) is 17.5 Å². The van der Waals surface area contributed by atoms with E-state index >= 15 is 0 Å². The van der Waals surface area contributed by atoms with E-state index in [1.165, 1.54) is 0 Å². The van der Waals surface area contributed by atoms with Crippen LogP contribution in [0.1, 0.15) is 15.9 Å². The fourth-order valence-electron chi connectivity index (χ4n) is 3.92.